The molecule has 96 valence electrons. The summed E-state index contributed by atoms with van der Waals surface area (Å²) in [6.45, 7) is 7.95. The number of halogens is 1. The molecule has 0 fully saturated rings. The first kappa shape index (κ1) is 15.0. The smallest absolute Gasteiger partial charge is 0.0333 e. The molecule has 0 bridgehead atoms. The fourth-order valence-electron chi connectivity index (χ4n) is 1.97. The molecule has 0 radical (unpaired) electrons. The highest BCUT2D eigenvalue weighted by Gasteiger charge is 2.15. The van der Waals surface area contributed by atoms with Crippen LogP contribution in [-0.4, -0.2) is 6.54 Å². The van der Waals surface area contributed by atoms with Gasteiger partial charge in [0.1, 0.15) is 0 Å². The molecule has 1 aromatic rings. The van der Waals surface area contributed by atoms with E-state index < -0.39 is 0 Å². The Labute approximate surface area is 120 Å². The second kappa shape index (κ2) is 8.09. The molecule has 0 aliphatic rings. The largest absolute Gasteiger partial charge is 0.310 e. The SMILES string of the molecule is CCCNC(CC(C)CC)c1ccccc1I. The van der Waals surface area contributed by atoms with Crippen LogP contribution < -0.4 is 5.32 Å². The summed E-state index contributed by atoms with van der Waals surface area (Å²) in [5.41, 5.74) is 1.46. The summed E-state index contributed by atoms with van der Waals surface area (Å²) in [5, 5.41) is 3.69. The van der Waals surface area contributed by atoms with Crippen LogP contribution in [0.5, 0.6) is 0 Å². The van der Waals surface area contributed by atoms with E-state index in [4.69, 9.17) is 0 Å². The fourth-order valence-corrected chi connectivity index (χ4v) is 2.73. The molecule has 1 nitrogen and oxygen atoms in total. The zero-order valence-electron chi connectivity index (χ0n) is 11.2. The highest BCUT2D eigenvalue weighted by Crippen LogP contribution is 2.26. The maximum Gasteiger partial charge on any atom is 0.0333 e. The average Bonchev–Trinajstić information content (AvgIpc) is 2.35. The Hall–Kier alpha value is -0.0900. The molecule has 1 aromatic carbocycles. The predicted octanol–water partition coefficient (Wildman–Crippen LogP) is 4.77. The highest BCUT2D eigenvalue weighted by molar-refractivity contribution is 14.1. The van der Waals surface area contributed by atoms with Gasteiger partial charge in [0.25, 0.3) is 0 Å². The molecule has 17 heavy (non-hydrogen) atoms. The molecule has 0 amide bonds. The first-order chi connectivity index (χ1) is 8.19. The van der Waals surface area contributed by atoms with E-state index in [0.29, 0.717) is 6.04 Å². The van der Waals surface area contributed by atoms with Crippen LogP contribution in [-0.2, 0) is 0 Å². The molecular weight excluding hydrogens is 321 g/mol. The Morgan fingerprint density at radius 2 is 1.94 bits per heavy atom. The predicted molar refractivity (Wildman–Crippen MR) is 84.3 cm³/mol. The third-order valence-corrected chi connectivity index (χ3v) is 4.24. The molecule has 0 spiro atoms. The zero-order chi connectivity index (χ0) is 12.7. The summed E-state index contributed by atoms with van der Waals surface area (Å²) in [4.78, 5) is 0. The first-order valence-corrected chi connectivity index (χ1v) is 7.74. The van der Waals surface area contributed by atoms with Crippen LogP contribution in [0.15, 0.2) is 24.3 Å². The fraction of sp³-hybridized carbons (Fsp3) is 0.600. The van der Waals surface area contributed by atoms with Gasteiger partial charge in [-0.05, 0) is 59.5 Å². The number of hydrogen-bond acceptors (Lipinski definition) is 1. The van der Waals surface area contributed by atoms with Gasteiger partial charge in [0.15, 0.2) is 0 Å². The summed E-state index contributed by atoms with van der Waals surface area (Å²) in [6, 6.07) is 9.24. The number of hydrogen-bond donors (Lipinski definition) is 1. The minimum atomic E-state index is 0.512. The van der Waals surface area contributed by atoms with Crippen molar-refractivity contribution in [3.63, 3.8) is 0 Å². The lowest BCUT2D eigenvalue weighted by Gasteiger charge is -2.23. The first-order valence-electron chi connectivity index (χ1n) is 6.66. The Morgan fingerprint density at radius 1 is 1.24 bits per heavy atom. The summed E-state index contributed by atoms with van der Waals surface area (Å²) >= 11 is 2.45. The van der Waals surface area contributed by atoms with Gasteiger partial charge in [-0.25, -0.2) is 0 Å². The van der Waals surface area contributed by atoms with Gasteiger partial charge in [0.05, 0.1) is 0 Å². The number of benzene rings is 1. The maximum atomic E-state index is 3.69. The Kier molecular flexibility index (Phi) is 7.12. The van der Waals surface area contributed by atoms with Crippen LogP contribution in [0.4, 0.5) is 0 Å². The normalized spacial score (nSPS) is 14.6. The third kappa shape index (κ3) is 4.96. The molecule has 0 heterocycles. The lowest BCUT2D eigenvalue weighted by atomic mass is 9.94. The van der Waals surface area contributed by atoms with Crippen LogP contribution in [0.2, 0.25) is 0 Å². The highest BCUT2D eigenvalue weighted by atomic mass is 127. The molecule has 0 saturated heterocycles. The Bertz CT molecular complexity index is 324. The second-order valence-electron chi connectivity index (χ2n) is 4.78. The van der Waals surface area contributed by atoms with Gasteiger partial charge in [0.2, 0.25) is 0 Å². The maximum absolute atomic E-state index is 3.69. The molecule has 2 unspecified atom stereocenters. The van der Waals surface area contributed by atoms with E-state index in [1.54, 1.807) is 0 Å². The third-order valence-electron chi connectivity index (χ3n) is 3.26. The van der Waals surface area contributed by atoms with Gasteiger partial charge in [-0.2, -0.15) is 0 Å². The zero-order valence-corrected chi connectivity index (χ0v) is 13.3. The number of nitrogens with one attached hydrogen (secondary N) is 1. The van der Waals surface area contributed by atoms with E-state index in [1.165, 1.54) is 28.4 Å². The van der Waals surface area contributed by atoms with Gasteiger partial charge < -0.3 is 5.32 Å². The topological polar surface area (TPSA) is 12.0 Å². The van der Waals surface area contributed by atoms with Crippen molar-refractivity contribution in [1.29, 1.82) is 0 Å². The van der Waals surface area contributed by atoms with E-state index in [0.717, 1.165) is 12.5 Å². The second-order valence-corrected chi connectivity index (χ2v) is 5.94. The van der Waals surface area contributed by atoms with Gasteiger partial charge >= 0.3 is 0 Å². The molecular formula is C15H24IN. The van der Waals surface area contributed by atoms with E-state index >= 15 is 0 Å². The van der Waals surface area contributed by atoms with E-state index in [9.17, 15) is 0 Å². The monoisotopic (exact) mass is 345 g/mol. The van der Waals surface area contributed by atoms with Crippen molar-refractivity contribution in [3.05, 3.63) is 33.4 Å². The van der Waals surface area contributed by atoms with E-state index in [1.807, 2.05) is 0 Å². The van der Waals surface area contributed by atoms with Crippen LogP contribution in [0, 0.1) is 9.49 Å². The van der Waals surface area contributed by atoms with Gasteiger partial charge in [-0.1, -0.05) is 45.4 Å². The van der Waals surface area contributed by atoms with Crippen molar-refractivity contribution in [1.82, 2.24) is 5.32 Å². The van der Waals surface area contributed by atoms with Gasteiger partial charge in [-0.15, -0.1) is 0 Å². The standard InChI is InChI=1S/C15H24IN/c1-4-10-17-15(11-12(3)5-2)13-8-6-7-9-14(13)16/h6-9,12,15,17H,4-5,10-11H2,1-3H3. The molecule has 2 heteroatoms. The molecule has 0 saturated carbocycles. The van der Waals surface area contributed by atoms with E-state index in [-0.39, 0.29) is 0 Å². The van der Waals surface area contributed by atoms with E-state index in [2.05, 4.69) is 72.9 Å². The van der Waals surface area contributed by atoms with Crippen LogP contribution in [0.3, 0.4) is 0 Å². The van der Waals surface area contributed by atoms with Crippen LogP contribution in [0.25, 0.3) is 0 Å². The molecule has 0 aliphatic carbocycles. The van der Waals surface area contributed by atoms with Crippen LogP contribution >= 0.6 is 22.6 Å². The van der Waals surface area contributed by atoms with Crippen molar-refractivity contribution in [2.45, 2.75) is 46.1 Å². The molecule has 1 N–H and O–H groups in total. The molecule has 0 aromatic heterocycles. The van der Waals surface area contributed by atoms with Crippen molar-refractivity contribution >= 4 is 22.6 Å². The van der Waals surface area contributed by atoms with Crippen molar-refractivity contribution in [3.8, 4) is 0 Å². The lowest BCUT2D eigenvalue weighted by Crippen LogP contribution is -2.24. The average molecular weight is 345 g/mol. The minimum absolute atomic E-state index is 0.512. The summed E-state index contributed by atoms with van der Waals surface area (Å²) in [7, 11) is 0. The van der Waals surface area contributed by atoms with Crippen molar-refractivity contribution in [2.75, 3.05) is 6.54 Å². The van der Waals surface area contributed by atoms with Gasteiger partial charge in [0, 0.05) is 9.61 Å². The molecule has 2 atom stereocenters. The summed E-state index contributed by atoms with van der Waals surface area (Å²) in [6.07, 6.45) is 3.69. The van der Waals surface area contributed by atoms with Crippen molar-refractivity contribution < 1.29 is 0 Å². The molecule has 0 aliphatic heterocycles. The summed E-state index contributed by atoms with van der Waals surface area (Å²) in [5.74, 6) is 0.778. The minimum Gasteiger partial charge on any atom is -0.310 e. The van der Waals surface area contributed by atoms with Crippen molar-refractivity contribution in [2.24, 2.45) is 5.92 Å². The summed E-state index contributed by atoms with van der Waals surface area (Å²) < 4.78 is 1.38. The van der Waals surface area contributed by atoms with Crippen LogP contribution in [0.1, 0.15) is 51.6 Å². The molecule has 1 rings (SSSR count). The Morgan fingerprint density at radius 3 is 2.53 bits per heavy atom. The lowest BCUT2D eigenvalue weighted by molar-refractivity contribution is 0.401. The van der Waals surface area contributed by atoms with Gasteiger partial charge in [-0.3, -0.25) is 0 Å². The Balaban J connectivity index is 2.78. The number of rotatable bonds is 7. The quantitative estimate of drug-likeness (QED) is 0.702.